The Hall–Kier alpha value is -2.63. The van der Waals surface area contributed by atoms with E-state index in [0.29, 0.717) is 11.5 Å². The molecule has 0 bridgehead atoms. The Bertz CT molecular complexity index is 1380. The molecule has 4 aromatic rings. The van der Waals surface area contributed by atoms with Crippen LogP contribution in [0.5, 0.6) is 0 Å². The molecule has 1 aromatic carbocycles. The summed E-state index contributed by atoms with van der Waals surface area (Å²) in [6.45, 7) is 7.43. The van der Waals surface area contributed by atoms with E-state index in [0.717, 1.165) is 81.2 Å². The minimum atomic E-state index is -0.445. The number of thiophene rings is 1. The van der Waals surface area contributed by atoms with Crippen molar-refractivity contribution in [2.24, 2.45) is 0 Å². The second-order valence-electron chi connectivity index (χ2n) is 9.02. The SMILES string of the molecule is Fc1ccc(Nc2ncnc3sc4c(c23)CCc2nn(CCNCCN3CCOCC3)cc2-4)cc1Cl. The standard InChI is InChI=1S/C25H27ClFN7OS/c26-19-13-16(1-3-20(19)27)31-24-22-17-2-4-21-18(23(17)36-25(22)30-15-29-24)14-34(32-21)8-6-28-5-7-33-9-11-35-12-10-33/h1,3,13-15,28H,2,4-12H2,(H,29,30,31). The maximum absolute atomic E-state index is 13.6. The molecule has 8 nitrogen and oxygen atoms in total. The van der Waals surface area contributed by atoms with Gasteiger partial charge in [-0.25, -0.2) is 14.4 Å². The Morgan fingerprint density at radius 3 is 2.83 bits per heavy atom. The Labute approximate surface area is 217 Å². The van der Waals surface area contributed by atoms with Gasteiger partial charge in [0.05, 0.1) is 35.9 Å². The number of aromatic nitrogens is 4. The highest BCUT2D eigenvalue weighted by atomic mass is 35.5. The molecule has 0 saturated carbocycles. The second-order valence-corrected chi connectivity index (χ2v) is 10.4. The predicted octanol–water partition coefficient (Wildman–Crippen LogP) is 4.11. The summed E-state index contributed by atoms with van der Waals surface area (Å²) in [5.41, 5.74) is 4.24. The minimum Gasteiger partial charge on any atom is -0.379 e. The molecule has 1 aliphatic heterocycles. The molecule has 0 unspecified atom stereocenters. The van der Waals surface area contributed by atoms with Crippen molar-refractivity contribution in [3.05, 3.63) is 52.8 Å². The van der Waals surface area contributed by atoms with E-state index in [1.54, 1.807) is 29.8 Å². The minimum absolute atomic E-state index is 0.0743. The number of anilines is 2. The van der Waals surface area contributed by atoms with Gasteiger partial charge in [0.25, 0.3) is 0 Å². The molecule has 36 heavy (non-hydrogen) atoms. The molecule has 1 fully saturated rings. The summed E-state index contributed by atoms with van der Waals surface area (Å²) in [4.78, 5) is 13.6. The maximum Gasteiger partial charge on any atom is 0.142 e. The number of benzene rings is 1. The number of hydrogen-bond acceptors (Lipinski definition) is 8. The average molecular weight is 528 g/mol. The summed E-state index contributed by atoms with van der Waals surface area (Å²) in [6, 6.07) is 4.58. The molecule has 1 saturated heterocycles. The van der Waals surface area contributed by atoms with Gasteiger partial charge in [-0.05, 0) is 36.6 Å². The first-order valence-electron chi connectivity index (χ1n) is 12.2. The van der Waals surface area contributed by atoms with Crippen molar-refractivity contribution in [2.75, 3.05) is 51.3 Å². The first kappa shape index (κ1) is 23.7. The third-order valence-electron chi connectivity index (χ3n) is 6.69. The maximum atomic E-state index is 13.6. The van der Waals surface area contributed by atoms with Crippen LogP contribution in [0.2, 0.25) is 5.02 Å². The fraction of sp³-hybridized carbons (Fsp3) is 0.400. The van der Waals surface area contributed by atoms with Gasteiger partial charge in [-0.1, -0.05) is 11.6 Å². The van der Waals surface area contributed by atoms with Gasteiger partial charge in [0, 0.05) is 55.0 Å². The number of morpholine rings is 1. The lowest BCUT2D eigenvalue weighted by Crippen LogP contribution is -2.40. The predicted molar refractivity (Wildman–Crippen MR) is 141 cm³/mol. The van der Waals surface area contributed by atoms with Crippen molar-refractivity contribution < 1.29 is 9.13 Å². The largest absolute Gasteiger partial charge is 0.379 e. The summed E-state index contributed by atoms with van der Waals surface area (Å²) < 4.78 is 21.1. The number of ether oxygens (including phenoxy) is 1. The van der Waals surface area contributed by atoms with Crippen LogP contribution >= 0.6 is 22.9 Å². The van der Waals surface area contributed by atoms with E-state index in [4.69, 9.17) is 21.4 Å². The molecule has 6 rings (SSSR count). The number of nitrogens with zero attached hydrogens (tertiary/aromatic N) is 5. The fourth-order valence-corrected chi connectivity index (χ4v) is 6.23. The van der Waals surface area contributed by atoms with Gasteiger partial charge in [0.2, 0.25) is 0 Å². The number of fused-ring (bicyclic) bond motifs is 5. The number of aryl methyl sites for hydroxylation is 2. The van der Waals surface area contributed by atoms with Crippen LogP contribution in [-0.2, 0) is 24.1 Å². The number of halogens is 2. The topological polar surface area (TPSA) is 80.1 Å². The summed E-state index contributed by atoms with van der Waals surface area (Å²) in [7, 11) is 0. The Morgan fingerprint density at radius 2 is 1.97 bits per heavy atom. The third-order valence-corrected chi connectivity index (χ3v) is 8.15. The van der Waals surface area contributed by atoms with E-state index >= 15 is 0 Å². The highest BCUT2D eigenvalue weighted by Crippen LogP contribution is 2.45. The average Bonchev–Trinajstić information content (AvgIpc) is 3.48. The molecule has 11 heteroatoms. The number of hydrogen-bond donors (Lipinski definition) is 2. The molecule has 2 N–H and O–H groups in total. The summed E-state index contributed by atoms with van der Waals surface area (Å²) in [6.07, 6.45) is 5.48. The van der Waals surface area contributed by atoms with Gasteiger partial charge < -0.3 is 15.4 Å². The molecule has 188 valence electrons. The van der Waals surface area contributed by atoms with E-state index in [9.17, 15) is 4.39 Å². The molecule has 0 radical (unpaired) electrons. The van der Waals surface area contributed by atoms with Crippen LogP contribution in [-0.4, -0.2) is 70.6 Å². The molecular formula is C25H27ClFN7OS. The Balaban J connectivity index is 1.17. The van der Waals surface area contributed by atoms with Crippen molar-refractivity contribution in [1.82, 2.24) is 30.0 Å². The van der Waals surface area contributed by atoms with E-state index in [1.165, 1.54) is 22.1 Å². The van der Waals surface area contributed by atoms with Crippen molar-refractivity contribution in [3.63, 3.8) is 0 Å². The molecule has 4 heterocycles. The molecule has 1 aliphatic carbocycles. The monoisotopic (exact) mass is 527 g/mol. The summed E-state index contributed by atoms with van der Waals surface area (Å²) >= 11 is 7.65. The van der Waals surface area contributed by atoms with Crippen molar-refractivity contribution in [1.29, 1.82) is 0 Å². The Kier molecular flexibility index (Phi) is 6.85. The van der Waals surface area contributed by atoms with Crippen molar-refractivity contribution in [2.45, 2.75) is 19.4 Å². The fourth-order valence-electron chi connectivity index (χ4n) is 4.83. The highest BCUT2D eigenvalue weighted by molar-refractivity contribution is 7.22. The van der Waals surface area contributed by atoms with Crippen LogP contribution in [0.1, 0.15) is 11.3 Å². The van der Waals surface area contributed by atoms with Gasteiger partial charge in [-0.15, -0.1) is 11.3 Å². The summed E-state index contributed by atoms with van der Waals surface area (Å²) in [5.74, 6) is 0.264. The molecule has 3 aromatic heterocycles. The van der Waals surface area contributed by atoms with E-state index in [-0.39, 0.29) is 5.02 Å². The quantitative estimate of drug-likeness (QED) is 0.334. The Morgan fingerprint density at radius 1 is 1.11 bits per heavy atom. The number of nitrogens with one attached hydrogen (secondary N) is 2. The zero-order valence-electron chi connectivity index (χ0n) is 19.8. The lowest BCUT2D eigenvalue weighted by Gasteiger charge is -2.26. The van der Waals surface area contributed by atoms with Crippen LogP contribution in [0.3, 0.4) is 0 Å². The lowest BCUT2D eigenvalue weighted by molar-refractivity contribution is 0.0384. The van der Waals surface area contributed by atoms with Crippen molar-refractivity contribution >= 4 is 44.7 Å². The van der Waals surface area contributed by atoms with Crippen LogP contribution in [0.15, 0.2) is 30.7 Å². The van der Waals surface area contributed by atoms with Crippen LogP contribution in [0, 0.1) is 5.82 Å². The van der Waals surface area contributed by atoms with Crippen LogP contribution in [0.4, 0.5) is 15.9 Å². The van der Waals surface area contributed by atoms with E-state index in [1.807, 2.05) is 0 Å². The van der Waals surface area contributed by atoms with Gasteiger partial charge in [-0.2, -0.15) is 5.10 Å². The molecule has 0 spiro atoms. The van der Waals surface area contributed by atoms with Gasteiger partial charge in [-0.3, -0.25) is 9.58 Å². The molecular weight excluding hydrogens is 501 g/mol. The highest BCUT2D eigenvalue weighted by Gasteiger charge is 2.26. The third kappa shape index (κ3) is 4.83. The lowest BCUT2D eigenvalue weighted by atomic mass is 9.95. The van der Waals surface area contributed by atoms with Gasteiger partial charge >= 0.3 is 0 Å². The van der Waals surface area contributed by atoms with Gasteiger partial charge in [0.1, 0.15) is 22.8 Å². The van der Waals surface area contributed by atoms with E-state index in [2.05, 4.69) is 36.4 Å². The first-order chi connectivity index (χ1) is 17.7. The van der Waals surface area contributed by atoms with Gasteiger partial charge in [0.15, 0.2) is 0 Å². The normalized spacial score (nSPS) is 15.7. The van der Waals surface area contributed by atoms with E-state index < -0.39 is 5.82 Å². The number of rotatable bonds is 8. The second kappa shape index (κ2) is 10.4. The zero-order valence-corrected chi connectivity index (χ0v) is 21.3. The molecule has 2 aliphatic rings. The van der Waals surface area contributed by atoms with Crippen molar-refractivity contribution in [3.8, 4) is 10.4 Å². The van der Waals surface area contributed by atoms with Crippen LogP contribution < -0.4 is 10.6 Å². The smallest absolute Gasteiger partial charge is 0.142 e. The summed E-state index contributed by atoms with van der Waals surface area (Å²) in [5, 5.41) is 12.8. The zero-order chi connectivity index (χ0) is 24.5. The van der Waals surface area contributed by atoms with Crippen LogP contribution in [0.25, 0.3) is 20.7 Å². The first-order valence-corrected chi connectivity index (χ1v) is 13.4. The molecule has 0 atom stereocenters. The molecule has 0 amide bonds.